The molecule has 0 amide bonds. The van der Waals surface area contributed by atoms with Crippen molar-refractivity contribution in [3.8, 4) is 0 Å². The largest absolute Gasteiger partial charge is 0.395 e. The molecule has 0 aliphatic rings. The fourth-order valence-electron chi connectivity index (χ4n) is 1.83. The smallest absolute Gasteiger partial charge is 0.123 e. The molecule has 1 rings (SSSR count). The summed E-state index contributed by atoms with van der Waals surface area (Å²) in [6.45, 7) is 6.45. The first kappa shape index (κ1) is 14.9. The summed E-state index contributed by atoms with van der Waals surface area (Å²) >= 11 is 0. The molecule has 2 N–H and O–H groups in total. The van der Waals surface area contributed by atoms with E-state index in [9.17, 15) is 4.39 Å². The average molecular weight is 254 g/mol. The first-order chi connectivity index (χ1) is 8.54. The van der Waals surface area contributed by atoms with Gasteiger partial charge < -0.3 is 15.3 Å². The van der Waals surface area contributed by atoms with Crippen LogP contribution in [-0.2, 0) is 6.54 Å². The number of anilines is 1. The highest BCUT2D eigenvalue weighted by Crippen LogP contribution is 2.20. The predicted molar refractivity (Wildman–Crippen MR) is 73.3 cm³/mol. The second-order valence-corrected chi connectivity index (χ2v) is 4.94. The number of likely N-dealkylation sites (N-methyl/N-ethyl adjacent to an activating group) is 1. The summed E-state index contributed by atoms with van der Waals surface area (Å²) in [6.07, 6.45) is 0. The molecule has 0 fully saturated rings. The Kier molecular flexibility index (Phi) is 6.09. The van der Waals surface area contributed by atoms with Gasteiger partial charge in [-0.1, -0.05) is 13.8 Å². The molecule has 1 aromatic rings. The molecule has 18 heavy (non-hydrogen) atoms. The van der Waals surface area contributed by atoms with Gasteiger partial charge in [0.2, 0.25) is 0 Å². The van der Waals surface area contributed by atoms with Crippen molar-refractivity contribution in [2.75, 3.05) is 31.6 Å². The average Bonchev–Trinajstić information content (AvgIpc) is 2.29. The molecule has 0 atom stereocenters. The Morgan fingerprint density at radius 1 is 1.39 bits per heavy atom. The second kappa shape index (κ2) is 7.34. The van der Waals surface area contributed by atoms with Gasteiger partial charge in [0.05, 0.1) is 6.61 Å². The number of hydrogen-bond acceptors (Lipinski definition) is 3. The Hall–Kier alpha value is -1.13. The molecule has 1 aromatic carbocycles. The van der Waals surface area contributed by atoms with Crippen molar-refractivity contribution < 1.29 is 9.50 Å². The third-order valence-electron chi connectivity index (χ3n) is 2.76. The van der Waals surface area contributed by atoms with Crippen LogP contribution in [0.25, 0.3) is 0 Å². The van der Waals surface area contributed by atoms with Crippen molar-refractivity contribution in [1.82, 2.24) is 5.32 Å². The first-order valence-corrected chi connectivity index (χ1v) is 6.35. The van der Waals surface area contributed by atoms with E-state index in [-0.39, 0.29) is 12.4 Å². The van der Waals surface area contributed by atoms with Crippen molar-refractivity contribution >= 4 is 5.69 Å². The quantitative estimate of drug-likeness (QED) is 0.781. The van der Waals surface area contributed by atoms with Gasteiger partial charge in [0.15, 0.2) is 0 Å². The fraction of sp³-hybridized carbons (Fsp3) is 0.571. The maximum absolute atomic E-state index is 13.3. The van der Waals surface area contributed by atoms with Crippen molar-refractivity contribution in [2.45, 2.75) is 20.4 Å². The van der Waals surface area contributed by atoms with Crippen LogP contribution in [0.4, 0.5) is 10.1 Å². The van der Waals surface area contributed by atoms with Gasteiger partial charge in [-0.05, 0) is 36.2 Å². The maximum Gasteiger partial charge on any atom is 0.123 e. The molecule has 4 heteroatoms. The van der Waals surface area contributed by atoms with E-state index in [4.69, 9.17) is 5.11 Å². The van der Waals surface area contributed by atoms with Crippen LogP contribution < -0.4 is 10.2 Å². The Balaban J connectivity index is 2.76. The van der Waals surface area contributed by atoms with Crippen molar-refractivity contribution in [2.24, 2.45) is 5.92 Å². The Morgan fingerprint density at radius 2 is 2.11 bits per heavy atom. The molecule has 0 saturated heterocycles. The zero-order chi connectivity index (χ0) is 13.5. The number of rotatable bonds is 7. The molecule has 0 unspecified atom stereocenters. The van der Waals surface area contributed by atoms with Crippen LogP contribution in [0.15, 0.2) is 18.2 Å². The minimum atomic E-state index is -0.225. The number of hydrogen-bond donors (Lipinski definition) is 2. The number of nitrogens with one attached hydrogen (secondary N) is 1. The van der Waals surface area contributed by atoms with E-state index in [1.807, 2.05) is 11.9 Å². The second-order valence-electron chi connectivity index (χ2n) is 4.94. The van der Waals surface area contributed by atoms with Gasteiger partial charge >= 0.3 is 0 Å². The highest BCUT2D eigenvalue weighted by atomic mass is 19.1. The predicted octanol–water partition coefficient (Wildman–Crippen LogP) is 2.00. The van der Waals surface area contributed by atoms with E-state index < -0.39 is 0 Å². The molecule has 0 aliphatic heterocycles. The summed E-state index contributed by atoms with van der Waals surface area (Å²) in [6, 6.07) is 4.77. The summed E-state index contributed by atoms with van der Waals surface area (Å²) in [4.78, 5) is 1.94. The maximum atomic E-state index is 13.3. The van der Waals surface area contributed by atoms with Gasteiger partial charge in [0.25, 0.3) is 0 Å². The van der Waals surface area contributed by atoms with Gasteiger partial charge in [-0.2, -0.15) is 0 Å². The fourth-order valence-corrected chi connectivity index (χ4v) is 1.83. The Bertz CT molecular complexity index is 369. The van der Waals surface area contributed by atoms with Gasteiger partial charge in [0.1, 0.15) is 5.82 Å². The van der Waals surface area contributed by atoms with E-state index in [0.717, 1.165) is 17.8 Å². The third kappa shape index (κ3) is 4.63. The lowest BCUT2D eigenvalue weighted by atomic mass is 10.1. The lowest BCUT2D eigenvalue weighted by Crippen LogP contribution is -2.25. The van der Waals surface area contributed by atoms with Gasteiger partial charge in [-0.15, -0.1) is 0 Å². The van der Waals surface area contributed by atoms with Crippen LogP contribution in [0, 0.1) is 11.7 Å². The topological polar surface area (TPSA) is 35.5 Å². The van der Waals surface area contributed by atoms with Gasteiger partial charge in [-0.25, -0.2) is 4.39 Å². The standard InChI is InChI=1S/C14H23FN2O/c1-11(2)9-16-10-12-8-13(15)4-5-14(12)17(3)6-7-18/h4-5,8,11,16,18H,6-7,9-10H2,1-3H3. The number of halogens is 1. The van der Waals surface area contributed by atoms with E-state index in [1.165, 1.54) is 6.07 Å². The van der Waals surface area contributed by atoms with Crippen molar-refractivity contribution in [1.29, 1.82) is 0 Å². The third-order valence-corrected chi connectivity index (χ3v) is 2.76. The normalized spacial score (nSPS) is 11.0. The van der Waals surface area contributed by atoms with E-state index in [1.54, 1.807) is 12.1 Å². The molecular weight excluding hydrogens is 231 g/mol. The van der Waals surface area contributed by atoms with E-state index >= 15 is 0 Å². The van der Waals surface area contributed by atoms with Crippen LogP contribution >= 0.6 is 0 Å². The van der Waals surface area contributed by atoms with E-state index in [0.29, 0.717) is 19.0 Å². The highest BCUT2D eigenvalue weighted by molar-refractivity contribution is 5.53. The highest BCUT2D eigenvalue weighted by Gasteiger charge is 2.08. The minimum absolute atomic E-state index is 0.0900. The molecule has 0 bridgehead atoms. The monoisotopic (exact) mass is 254 g/mol. The van der Waals surface area contributed by atoms with Crippen molar-refractivity contribution in [3.63, 3.8) is 0 Å². The molecule has 0 radical (unpaired) electrons. The van der Waals surface area contributed by atoms with Gasteiger partial charge in [-0.3, -0.25) is 0 Å². The lowest BCUT2D eigenvalue weighted by Gasteiger charge is -2.22. The van der Waals surface area contributed by atoms with E-state index in [2.05, 4.69) is 19.2 Å². The number of benzene rings is 1. The summed E-state index contributed by atoms with van der Waals surface area (Å²) in [5, 5.41) is 12.3. The molecule has 0 aliphatic carbocycles. The summed E-state index contributed by atoms with van der Waals surface area (Å²) in [7, 11) is 1.90. The number of aliphatic hydroxyl groups excluding tert-OH is 1. The molecular formula is C14H23FN2O. The summed E-state index contributed by atoms with van der Waals surface area (Å²) < 4.78 is 13.3. The zero-order valence-electron chi connectivity index (χ0n) is 11.4. The molecule has 3 nitrogen and oxygen atoms in total. The number of aliphatic hydroxyl groups is 1. The molecule has 102 valence electrons. The lowest BCUT2D eigenvalue weighted by molar-refractivity contribution is 0.304. The molecule has 0 heterocycles. The summed E-state index contributed by atoms with van der Waals surface area (Å²) in [5.74, 6) is 0.342. The van der Waals surface area contributed by atoms with Crippen LogP contribution in [0.5, 0.6) is 0 Å². The Morgan fingerprint density at radius 3 is 2.72 bits per heavy atom. The molecule has 0 spiro atoms. The SMILES string of the molecule is CC(C)CNCc1cc(F)ccc1N(C)CCO. The summed E-state index contributed by atoms with van der Waals surface area (Å²) in [5.41, 5.74) is 1.88. The van der Waals surface area contributed by atoms with Crippen LogP contribution in [0.3, 0.4) is 0 Å². The Labute approximate surface area is 109 Å². The zero-order valence-corrected chi connectivity index (χ0v) is 11.4. The minimum Gasteiger partial charge on any atom is -0.395 e. The molecule has 0 saturated carbocycles. The van der Waals surface area contributed by atoms with Crippen molar-refractivity contribution in [3.05, 3.63) is 29.6 Å². The van der Waals surface area contributed by atoms with Crippen LogP contribution in [0.1, 0.15) is 19.4 Å². The van der Waals surface area contributed by atoms with Gasteiger partial charge in [0, 0.05) is 25.8 Å². The first-order valence-electron chi connectivity index (χ1n) is 6.35. The molecule has 0 aromatic heterocycles. The number of nitrogens with zero attached hydrogens (tertiary/aromatic N) is 1. The van der Waals surface area contributed by atoms with Crippen LogP contribution in [0.2, 0.25) is 0 Å². The van der Waals surface area contributed by atoms with Crippen LogP contribution in [-0.4, -0.2) is 31.9 Å².